The molecule has 2 N–H and O–H groups in total. The quantitative estimate of drug-likeness (QED) is 0.819. The molecule has 1 aromatic carbocycles. The van der Waals surface area contributed by atoms with Crippen molar-refractivity contribution in [3.63, 3.8) is 0 Å². The molecule has 1 saturated carbocycles. The van der Waals surface area contributed by atoms with Gasteiger partial charge in [0.05, 0.1) is 6.61 Å². The van der Waals surface area contributed by atoms with Crippen LogP contribution in [-0.2, 0) is 6.42 Å². The maximum atomic E-state index is 5.94. The fourth-order valence-electron chi connectivity index (χ4n) is 2.04. The topological polar surface area (TPSA) is 35.2 Å². The molecule has 0 radical (unpaired) electrons. The van der Waals surface area contributed by atoms with E-state index in [0.29, 0.717) is 0 Å². The molecule has 0 heterocycles. The van der Waals surface area contributed by atoms with Crippen molar-refractivity contribution in [2.24, 2.45) is 11.7 Å². The molecule has 1 atom stereocenters. The van der Waals surface area contributed by atoms with Crippen LogP contribution in [0, 0.1) is 5.92 Å². The zero-order valence-corrected chi connectivity index (χ0v) is 10.7. The summed E-state index contributed by atoms with van der Waals surface area (Å²) >= 11 is 0. The van der Waals surface area contributed by atoms with E-state index in [9.17, 15) is 0 Å². The molecule has 17 heavy (non-hydrogen) atoms. The fourth-order valence-corrected chi connectivity index (χ4v) is 2.04. The monoisotopic (exact) mass is 233 g/mol. The number of ether oxygens (including phenoxy) is 1. The van der Waals surface area contributed by atoms with Crippen LogP contribution in [0.5, 0.6) is 5.75 Å². The first-order valence-corrected chi connectivity index (χ1v) is 6.75. The Hall–Kier alpha value is -1.02. The van der Waals surface area contributed by atoms with Crippen molar-refractivity contribution in [1.29, 1.82) is 0 Å². The summed E-state index contributed by atoms with van der Waals surface area (Å²) in [4.78, 5) is 0. The highest BCUT2D eigenvalue weighted by molar-refractivity contribution is 5.27. The minimum absolute atomic E-state index is 0.275. The number of hydrogen-bond acceptors (Lipinski definition) is 2. The van der Waals surface area contributed by atoms with Crippen molar-refractivity contribution in [3.05, 3.63) is 29.8 Å². The van der Waals surface area contributed by atoms with Crippen LogP contribution >= 0.6 is 0 Å². The average molecular weight is 233 g/mol. The molecule has 0 spiro atoms. The second-order valence-corrected chi connectivity index (χ2v) is 5.12. The molecule has 1 aliphatic carbocycles. The van der Waals surface area contributed by atoms with Crippen LogP contribution in [0.15, 0.2) is 24.3 Å². The first-order valence-electron chi connectivity index (χ1n) is 6.75. The van der Waals surface area contributed by atoms with Gasteiger partial charge in [-0.1, -0.05) is 25.5 Å². The van der Waals surface area contributed by atoms with Crippen molar-refractivity contribution in [2.75, 3.05) is 6.61 Å². The molecule has 0 aromatic heterocycles. The Morgan fingerprint density at radius 3 is 2.53 bits per heavy atom. The van der Waals surface area contributed by atoms with E-state index in [2.05, 4.69) is 31.2 Å². The highest BCUT2D eigenvalue weighted by atomic mass is 16.5. The van der Waals surface area contributed by atoms with Gasteiger partial charge in [-0.3, -0.25) is 0 Å². The van der Waals surface area contributed by atoms with E-state index >= 15 is 0 Å². The summed E-state index contributed by atoms with van der Waals surface area (Å²) in [5.41, 5.74) is 7.24. The van der Waals surface area contributed by atoms with Gasteiger partial charge in [-0.2, -0.15) is 0 Å². The SMILES string of the molecule is CCC(N)Cc1ccc(OCC2CCC2)cc1. The smallest absolute Gasteiger partial charge is 0.119 e. The van der Waals surface area contributed by atoms with E-state index < -0.39 is 0 Å². The largest absolute Gasteiger partial charge is 0.493 e. The van der Waals surface area contributed by atoms with E-state index in [-0.39, 0.29) is 6.04 Å². The molecule has 0 bridgehead atoms. The van der Waals surface area contributed by atoms with Crippen molar-refractivity contribution in [3.8, 4) is 5.75 Å². The Kier molecular flexibility index (Phi) is 4.43. The summed E-state index contributed by atoms with van der Waals surface area (Å²) in [6.45, 7) is 3.01. The second kappa shape index (κ2) is 6.06. The molecule has 1 aliphatic rings. The third-order valence-electron chi connectivity index (χ3n) is 3.66. The van der Waals surface area contributed by atoms with Gasteiger partial charge < -0.3 is 10.5 Å². The molecule has 1 unspecified atom stereocenters. The van der Waals surface area contributed by atoms with Crippen LogP contribution in [-0.4, -0.2) is 12.6 Å². The van der Waals surface area contributed by atoms with Gasteiger partial charge in [-0.15, -0.1) is 0 Å². The van der Waals surface area contributed by atoms with Crippen molar-refractivity contribution in [1.82, 2.24) is 0 Å². The van der Waals surface area contributed by atoms with Crippen molar-refractivity contribution >= 4 is 0 Å². The lowest BCUT2D eigenvalue weighted by molar-refractivity contribution is 0.180. The maximum absolute atomic E-state index is 5.94. The molecule has 2 nitrogen and oxygen atoms in total. The van der Waals surface area contributed by atoms with Gasteiger partial charge >= 0.3 is 0 Å². The predicted octanol–water partition coefficient (Wildman–Crippen LogP) is 3.15. The third kappa shape index (κ3) is 3.74. The lowest BCUT2D eigenvalue weighted by Crippen LogP contribution is -2.21. The minimum Gasteiger partial charge on any atom is -0.493 e. The van der Waals surface area contributed by atoms with Crippen LogP contribution in [0.3, 0.4) is 0 Å². The van der Waals surface area contributed by atoms with E-state index in [4.69, 9.17) is 10.5 Å². The zero-order valence-electron chi connectivity index (χ0n) is 10.7. The summed E-state index contributed by atoms with van der Waals surface area (Å²) < 4.78 is 5.76. The number of nitrogens with two attached hydrogens (primary N) is 1. The molecule has 0 aliphatic heterocycles. The van der Waals surface area contributed by atoms with Gasteiger partial charge in [-0.05, 0) is 49.3 Å². The summed E-state index contributed by atoms with van der Waals surface area (Å²) in [6.07, 6.45) is 6.04. The molecule has 0 saturated heterocycles. The fraction of sp³-hybridized carbons (Fsp3) is 0.600. The Morgan fingerprint density at radius 1 is 1.29 bits per heavy atom. The first-order chi connectivity index (χ1) is 8.28. The Labute approximate surface area is 104 Å². The molecule has 2 rings (SSSR count). The average Bonchev–Trinajstić information content (AvgIpc) is 2.29. The van der Waals surface area contributed by atoms with Crippen molar-refractivity contribution in [2.45, 2.75) is 45.1 Å². The number of rotatable bonds is 6. The van der Waals surface area contributed by atoms with Gasteiger partial charge in [0.1, 0.15) is 5.75 Å². The molecule has 2 heteroatoms. The van der Waals surface area contributed by atoms with Crippen LogP contribution in [0.1, 0.15) is 38.2 Å². The van der Waals surface area contributed by atoms with Gasteiger partial charge in [0, 0.05) is 6.04 Å². The third-order valence-corrected chi connectivity index (χ3v) is 3.66. The van der Waals surface area contributed by atoms with Gasteiger partial charge in [0.2, 0.25) is 0 Å². The maximum Gasteiger partial charge on any atom is 0.119 e. The van der Waals surface area contributed by atoms with Crippen LogP contribution in [0.25, 0.3) is 0 Å². The highest BCUT2D eigenvalue weighted by Crippen LogP contribution is 2.27. The molecular formula is C15H23NO. The molecular weight excluding hydrogens is 210 g/mol. The first kappa shape index (κ1) is 12.4. The lowest BCUT2D eigenvalue weighted by atomic mass is 9.86. The van der Waals surface area contributed by atoms with E-state index in [1.165, 1.54) is 24.8 Å². The summed E-state index contributed by atoms with van der Waals surface area (Å²) in [6, 6.07) is 8.67. The van der Waals surface area contributed by atoms with E-state index in [0.717, 1.165) is 31.1 Å². The van der Waals surface area contributed by atoms with Crippen LogP contribution in [0.2, 0.25) is 0 Å². The van der Waals surface area contributed by atoms with Crippen LogP contribution < -0.4 is 10.5 Å². The van der Waals surface area contributed by atoms with Gasteiger partial charge in [-0.25, -0.2) is 0 Å². The summed E-state index contributed by atoms with van der Waals surface area (Å²) in [7, 11) is 0. The summed E-state index contributed by atoms with van der Waals surface area (Å²) in [5, 5.41) is 0. The van der Waals surface area contributed by atoms with E-state index in [1.54, 1.807) is 0 Å². The van der Waals surface area contributed by atoms with Crippen molar-refractivity contribution < 1.29 is 4.74 Å². The van der Waals surface area contributed by atoms with Crippen LogP contribution in [0.4, 0.5) is 0 Å². The Balaban J connectivity index is 1.79. The molecule has 94 valence electrons. The number of benzene rings is 1. The number of hydrogen-bond donors (Lipinski definition) is 1. The predicted molar refractivity (Wildman–Crippen MR) is 71.2 cm³/mol. The summed E-state index contributed by atoms with van der Waals surface area (Å²) in [5.74, 6) is 1.79. The van der Waals surface area contributed by atoms with E-state index in [1.807, 2.05) is 0 Å². The highest BCUT2D eigenvalue weighted by Gasteiger charge is 2.17. The molecule has 1 fully saturated rings. The zero-order chi connectivity index (χ0) is 12.1. The molecule has 1 aromatic rings. The lowest BCUT2D eigenvalue weighted by Gasteiger charge is -2.25. The normalized spacial score (nSPS) is 17.5. The minimum atomic E-state index is 0.275. The standard InChI is InChI=1S/C15H23NO/c1-2-14(16)10-12-6-8-15(9-7-12)17-11-13-4-3-5-13/h6-9,13-14H,2-5,10-11,16H2,1H3. The second-order valence-electron chi connectivity index (χ2n) is 5.12. The Bertz CT molecular complexity index is 329. The van der Waals surface area contributed by atoms with Gasteiger partial charge in [0.25, 0.3) is 0 Å². The molecule has 0 amide bonds. The van der Waals surface area contributed by atoms with Gasteiger partial charge in [0.15, 0.2) is 0 Å². The Morgan fingerprint density at radius 2 is 2.00 bits per heavy atom.